The van der Waals surface area contributed by atoms with E-state index in [1.165, 1.54) is 0 Å². The Morgan fingerprint density at radius 3 is 1.75 bits per heavy atom. The van der Waals surface area contributed by atoms with E-state index in [0.717, 1.165) is 0 Å². The molecule has 4 heavy (non-hydrogen) atoms. The van der Waals surface area contributed by atoms with Gasteiger partial charge in [0, 0.05) is 0 Å². The van der Waals surface area contributed by atoms with Gasteiger partial charge in [-0.25, -0.2) is 0 Å². The molecule has 0 heterocycles. The molecule has 0 aliphatic carbocycles. The first-order valence-corrected chi connectivity index (χ1v) is 3.83. The van der Waals surface area contributed by atoms with Crippen LogP contribution in [0.3, 0.4) is 0 Å². The van der Waals surface area contributed by atoms with Crippen molar-refractivity contribution in [2.75, 3.05) is 0 Å². The Labute approximate surface area is 38.9 Å². The van der Waals surface area contributed by atoms with Crippen LogP contribution in [0, 0.1) is 0 Å². The third-order valence-electron chi connectivity index (χ3n) is 0. The third-order valence-corrected chi connectivity index (χ3v) is 0. The minimum Gasteiger partial charge on any atom is -0.471 e. The predicted molar refractivity (Wildman–Crippen MR) is 24.6 cm³/mol. The maximum absolute atomic E-state index is 9.22. The van der Waals surface area contributed by atoms with Gasteiger partial charge >= 0.3 is 2.85 Å². The first-order valence-electron chi connectivity index (χ1n) is 0.548. The van der Waals surface area contributed by atoms with Gasteiger partial charge in [0.1, 0.15) is 0 Å². The summed E-state index contributed by atoms with van der Waals surface area (Å²) < 4.78 is 9.22. The molecule has 0 radical (unpaired) electrons. The van der Waals surface area contributed by atoms with Gasteiger partial charge in [0.05, 0.1) is 6.20 Å². The van der Waals surface area contributed by atoms with E-state index in [4.69, 9.17) is 0 Å². The van der Waals surface area contributed by atoms with Crippen LogP contribution in [0.2, 0.25) is 0 Å². The molecule has 0 aliphatic rings. The summed E-state index contributed by atoms with van der Waals surface area (Å²) in [5.41, 5.74) is 0. The molecule has 0 spiro atoms. The lowest BCUT2D eigenvalue weighted by molar-refractivity contribution is 0.604. The maximum Gasteiger partial charge on any atom is 1.00 e. The molecule has 0 amide bonds. The molecule has 0 rings (SSSR count). The molecule has 0 bridgehead atoms. The first-order chi connectivity index (χ1) is 1.73. The SMILES string of the molecule is O=[P+]([S-])[S-].[H+].[H+]. The van der Waals surface area contributed by atoms with Crippen molar-refractivity contribution in [2.45, 2.75) is 0 Å². The highest BCUT2D eigenvalue weighted by atomic mass is 33.0. The Morgan fingerprint density at radius 1 is 1.75 bits per heavy atom. The lowest BCUT2D eigenvalue weighted by Crippen LogP contribution is -1.22. The largest absolute Gasteiger partial charge is 1.00 e. The van der Waals surface area contributed by atoms with Crippen LogP contribution in [-0.2, 0) is 29.1 Å². The van der Waals surface area contributed by atoms with E-state index in [2.05, 4.69) is 24.5 Å². The molecule has 0 aromatic heterocycles. The molecule has 0 aromatic rings. The van der Waals surface area contributed by atoms with Crippen LogP contribution in [0.5, 0.6) is 0 Å². The minimum absolute atomic E-state index is 0. The highest BCUT2D eigenvalue weighted by Crippen LogP contribution is 2.06. The second kappa shape index (κ2) is 2.06. The topological polar surface area (TPSA) is 17.1 Å². The van der Waals surface area contributed by atoms with Crippen molar-refractivity contribution in [3.05, 3.63) is 0 Å². The molecule has 0 fully saturated rings. The van der Waals surface area contributed by atoms with E-state index in [1.807, 2.05) is 0 Å². The van der Waals surface area contributed by atoms with Crippen LogP contribution in [-0.4, -0.2) is 0 Å². The molecule has 0 unspecified atom stereocenters. The molecule has 0 aliphatic heterocycles. The van der Waals surface area contributed by atoms with Crippen molar-refractivity contribution in [3.63, 3.8) is 0 Å². The molecule has 0 N–H and O–H groups in total. The van der Waals surface area contributed by atoms with Crippen LogP contribution >= 0.6 is 6.20 Å². The zero-order valence-electron chi connectivity index (χ0n) is 3.67. The number of rotatable bonds is 0. The molecule has 0 atom stereocenters. The molecule has 1 nitrogen and oxygen atoms in total. The molecule has 0 saturated carbocycles. The van der Waals surface area contributed by atoms with Gasteiger partial charge in [-0.05, 0) is 0 Å². The average molecular weight is 113 g/mol. The smallest absolute Gasteiger partial charge is 0.471 e. The summed E-state index contributed by atoms with van der Waals surface area (Å²) in [7, 11) is 0. The fourth-order valence-corrected chi connectivity index (χ4v) is 0. The minimum atomic E-state index is -1.70. The second-order valence-electron chi connectivity index (χ2n) is 0.224. The van der Waals surface area contributed by atoms with Crippen LogP contribution < -0.4 is 0 Å². The monoisotopic (exact) mass is 113 g/mol. The Kier molecular flexibility index (Phi) is 2.48. The van der Waals surface area contributed by atoms with Gasteiger partial charge in [0.15, 0.2) is 0 Å². The standard InChI is InChI=1S/HOPS2/c1-2(3)4/h(H,1,3,4)/p+1. The van der Waals surface area contributed by atoms with Crippen molar-refractivity contribution in [3.8, 4) is 0 Å². The summed E-state index contributed by atoms with van der Waals surface area (Å²) in [5.74, 6) is 0. The van der Waals surface area contributed by atoms with E-state index < -0.39 is 6.20 Å². The Morgan fingerprint density at radius 2 is 1.75 bits per heavy atom. The molecule has 24 valence electrons. The third kappa shape index (κ3) is 14.2. The van der Waals surface area contributed by atoms with Crippen LogP contribution in [0.25, 0.3) is 0 Å². The van der Waals surface area contributed by atoms with Gasteiger partial charge in [-0.1, -0.05) is 0 Å². The van der Waals surface area contributed by atoms with Gasteiger partial charge in [-0.2, -0.15) is 0 Å². The highest BCUT2D eigenvalue weighted by molar-refractivity contribution is 8.60. The molecule has 0 saturated heterocycles. The lowest BCUT2D eigenvalue weighted by Gasteiger charge is -1.77. The zero-order valence-corrected chi connectivity index (χ0v) is 4.20. The van der Waals surface area contributed by atoms with E-state index in [0.29, 0.717) is 0 Å². The summed E-state index contributed by atoms with van der Waals surface area (Å²) >= 11 is 7.89. The van der Waals surface area contributed by atoms with Gasteiger partial charge < -0.3 is 24.5 Å². The van der Waals surface area contributed by atoms with Gasteiger partial charge in [-0.15, -0.1) is 4.57 Å². The average Bonchev–Trinajstić information content (AvgIpc) is 0.811. The van der Waals surface area contributed by atoms with Crippen molar-refractivity contribution in [1.82, 2.24) is 0 Å². The zero-order chi connectivity index (χ0) is 3.58. The number of hydrogen-bond donors (Lipinski definition) is 0. The lowest BCUT2D eigenvalue weighted by atomic mass is 16.0. The highest BCUT2D eigenvalue weighted by Gasteiger charge is 1.44. The quantitative estimate of drug-likeness (QED) is 0.344. The Hall–Kier alpha value is 0.800. The summed E-state index contributed by atoms with van der Waals surface area (Å²) in [6, 6.07) is 0. The number of hydrogen-bond acceptors (Lipinski definition) is 3. The summed E-state index contributed by atoms with van der Waals surface area (Å²) in [5, 5.41) is 0. The van der Waals surface area contributed by atoms with Gasteiger partial charge in [0.2, 0.25) is 0 Å². The van der Waals surface area contributed by atoms with E-state index in [9.17, 15) is 4.57 Å². The Bertz CT molecular complexity index is 34.5. The van der Waals surface area contributed by atoms with Crippen molar-refractivity contribution < 1.29 is 7.42 Å². The van der Waals surface area contributed by atoms with Crippen molar-refractivity contribution in [2.24, 2.45) is 0 Å². The van der Waals surface area contributed by atoms with Gasteiger partial charge in [0.25, 0.3) is 0 Å². The van der Waals surface area contributed by atoms with Crippen molar-refractivity contribution >= 4 is 30.7 Å². The molecule has 4 heteroatoms. The summed E-state index contributed by atoms with van der Waals surface area (Å²) in [4.78, 5) is 0. The summed E-state index contributed by atoms with van der Waals surface area (Å²) in [6.07, 6.45) is -1.70. The Balaban J connectivity index is -0.0000000450. The van der Waals surface area contributed by atoms with Crippen LogP contribution in [0.15, 0.2) is 0 Å². The van der Waals surface area contributed by atoms with Crippen LogP contribution in [0.1, 0.15) is 2.85 Å². The normalized spacial score (nSPS) is 6.50. The molecule has 0 aromatic carbocycles. The van der Waals surface area contributed by atoms with Crippen molar-refractivity contribution in [1.29, 1.82) is 0 Å². The van der Waals surface area contributed by atoms with Crippen LogP contribution in [0.4, 0.5) is 0 Å². The van der Waals surface area contributed by atoms with Gasteiger partial charge in [-0.3, -0.25) is 0 Å². The molecular weight excluding hydrogens is 111 g/mol. The fraction of sp³-hybridized carbons (Fsp3) is 0. The van der Waals surface area contributed by atoms with E-state index in [1.54, 1.807) is 0 Å². The maximum atomic E-state index is 9.22. The van der Waals surface area contributed by atoms with E-state index in [-0.39, 0.29) is 2.85 Å². The second-order valence-corrected chi connectivity index (χ2v) is 3.35. The predicted octanol–water partition coefficient (Wildman–Crippen LogP) is 0.963. The first kappa shape index (κ1) is 4.80. The fourth-order valence-electron chi connectivity index (χ4n) is 0. The summed E-state index contributed by atoms with van der Waals surface area (Å²) in [6.45, 7) is 0. The molecular formula is H2OPS2+. The van der Waals surface area contributed by atoms with E-state index >= 15 is 0 Å².